The van der Waals surface area contributed by atoms with E-state index in [9.17, 15) is 9.18 Å². The zero-order valence-electron chi connectivity index (χ0n) is 15.8. The van der Waals surface area contributed by atoms with E-state index in [2.05, 4.69) is 9.98 Å². The summed E-state index contributed by atoms with van der Waals surface area (Å²) in [5, 5.41) is 16.4. The van der Waals surface area contributed by atoms with E-state index in [1.165, 1.54) is 13.0 Å². The zero-order valence-corrected chi connectivity index (χ0v) is 16.6. The van der Waals surface area contributed by atoms with Gasteiger partial charge in [-0.1, -0.05) is 23.7 Å². The Kier molecular flexibility index (Phi) is 6.10. The second-order valence-corrected chi connectivity index (χ2v) is 6.89. The average Bonchev–Trinajstić information content (AvgIpc) is 2.96. The van der Waals surface area contributed by atoms with Crippen LogP contribution in [-0.2, 0) is 11.3 Å². The number of rotatable bonds is 2. The highest BCUT2D eigenvalue weighted by molar-refractivity contribution is 6.31. The fourth-order valence-corrected chi connectivity index (χ4v) is 3.13. The number of carboxylic acid groups (broad SMARTS) is 1. The van der Waals surface area contributed by atoms with Crippen molar-refractivity contribution in [2.24, 2.45) is 4.99 Å². The van der Waals surface area contributed by atoms with Crippen LogP contribution in [0.25, 0.3) is 5.69 Å². The first-order valence-corrected chi connectivity index (χ1v) is 9.21. The summed E-state index contributed by atoms with van der Waals surface area (Å²) in [6.45, 7) is 3.58. The van der Waals surface area contributed by atoms with Crippen LogP contribution in [0.3, 0.4) is 0 Å². The number of aromatic nitrogens is 2. The van der Waals surface area contributed by atoms with Crippen molar-refractivity contribution in [3.8, 4) is 5.69 Å². The largest absolute Gasteiger partial charge is 0.479 e. The summed E-state index contributed by atoms with van der Waals surface area (Å²) in [6.07, 6.45) is 0.576. The topological polar surface area (TPSA) is 87.7 Å². The molecule has 1 aromatic heterocycles. The lowest BCUT2D eigenvalue weighted by Gasteiger charge is -2.14. The predicted octanol–water partition coefficient (Wildman–Crippen LogP) is 3.78. The van der Waals surface area contributed by atoms with Crippen LogP contribution in [0.1, 0.15) is 29.6 Å². The lowest BCUT2D eigenvalue weighted by atomic mass is 10.00. The van der Waals surface area contributed by atoms with E-state index in [1.54, 1.807) is 12.1 Å². The van der Waals surface area contributed by atoms with Crippen molar-refractivity contribution in [3.05, 3.63) is 82.1 Å². The summed E-state index contributed by atoms with van der Waals surface area (Å²) in [7, 11) is 0. The fraction of sp³-hybridized carbons (Fsp3) is 0.190. The van der Waals surface area contributed by atoms with Crippen molar-refractivity contribution < 1.29 is 19.4 Å². The van der Waals surface area contributed by atoms with Crippen molar-refractivity contribution in [1.29, 1.82) is 0 Å². The summed E-state index contributed by atoms with van der Waals surface area (Å²) in [6, 6.07) is 12.3. The Bertz CT molecular complexity index is 1090. The maximum absolute atomic E-state index is 14.3. The number of halogens is 2. The second-order valence-electron chi connectivity index (χ2n) is 6.45. The van der Waals surface area contributed by atoms with Gasteiger partial charge in [0.15, 0.2) is 0 Å². The molecule has 8 heteroatoms. The number of fused-ring (bicyclic) bond motifs is 3. The Balaban J connectivity index is 0.000000353. The molecule has 150 valence electrons. The van der Waals surface area contributed by atoms with Crippen LogP contribution in [0.15, 0.2) is 53.7 Å². The second kappa shape index (κ2) is 8.55. The molecule has 2 aromatic carbocycles. The number of nitrogens with zero attached hydrogens (tertiary/aromatic N) is 3. The van der Waals surface area contributed by atoms with Crippen molar-refractivity contribution in [2.75, 3.05) is 0 Å². The van der Waals surface area contributed by atoms with Gasteiger partial charge in [0.05, 0.1) is 29.8 Å². The van der Waals surface area contributed by atoms with Gasteiger partial charge in [-0.15, -0.1) is 0 Å². The number of aliphatic carboxylic acids is 1. The van der Waals surface area contributed by atoms with Gasteiger partial charge in [0.2, 0.25) is 0 Å². The first-order valence-electron chi connectivity index (χ1n) is 8.83. The minimum atomic E-state index is -1.23. The van der Waals surface area contributed by atoms with Crippen LogP contribution in [0.2, 0.25) is 5.02 Å². The van der Waals surface area contributed by atoms with Crippen LogP contribution in [0.5, 0.6) is 0 Å². The van der Waals surface area contributed by atoms with Crippen molar-refractivity contribution >= 4 is 23.3 Å². The van der Waals surface area contributed by atoms with Gasteiger partial charge >= 0.3 is 5.97 Å². The summed E-state index contributed by atoms with van der Waals surface area (Å²) in [5.41, 5.74) is 3.79. The Morgan fingerprint density at radius 3 is 2.59 bits per heavy atom. The molecule has 0 bridgehead atoms. The van der Waals surface area contributed by atoms with Crippen LogP contribution >= 0.6 is 11.6 Å². The van der Waals surface area contributed by atoms with Gasteiger partial charge in [0.25, 0.3) is 0 Å². The summed E-state index contributed by atoms with van der Waals surface area (Å²) in [4.78, 5) is 18.5. The molecule has 0 saturated carbocycles. The third kappa shape index (κ3) is 4.36. The van der Waals surface area contributed by atoms with E-state index < -0.39 is 12.1 Å². The molecule has 1 aliphatic rings. The Hall–Kier alpha value is -3.03. The summed E-state index contributed by atoms with van der Waals surface area (Å²) in [5.74, 6) is -0.609. The molecule has 0 aliphatic carbocycles. The number of aliphatic hydroxyl groups is 1. The molecule has 0 fully saturated rings. The molecule has 29 heavy (non-hydrogen) atoms. The molecule has 6 nitrogen and oxygen atoms in total. The molecule has 0 spiro atoms. The van der Waals surface area contributed by atoms with Crippen molar-refractivity contribution in [3.63, 3.8) is 0 Å². The number of aliphatic imine (C=N–C) groups is 1. The van der Waals surface area contributed by atoms with E-state index in [0.29, 0.717) is 22.8 Å². The molecule has 0 radical (unpaired) electrons. The highest BCUT2D eigenvalue weighted by Crippen LogP contribution is 2.29. The predicted molar refractivity (Wildman–Crippen MR) is 108 cm³/mol. The van der Waals surface area contributed by atoms with Gasteiger partial charge in [-0.25, -0.2) is 14.2 Å². The Morgan fingerprint density at radius 1 is 1.24 bits per heavy atom. The number of carbonyl (C=O) groups is 1. The monoisotopic (exact) mass is 415 g/mol. The van der Waals surface area contributed by atoms with Crippen molar-refractivity contribution in [1.82, 2.24) is 9.55 Å². The first-order chi connectivity index (χ1) is 13.8. The van der Waals surface area contributed by atoms with Gasteiger partial charge in [0.1, 0.15) is 17.7 Å². The van der Waals surface area contributed by atoms with Crippen molar-refractivity contribution in [2.45, 2.75) is 26.5 Å². The van der Waals surface area contributed by atoms with E-state index in [0.717, 1.165) is 22.8 Å². The summed E-state index contributed by atoms with van der Waals surface area (Å²) < 4.78 is 16.3. The minimum Gasteiger partial charge on any atom is -0.479 e. The Labute approximate surface area is 171 Å². The van der Waals surface area contributed by atoms with Gasteiger partial charge in [0, 0.05) is 16.1 Å². The number of aryl methyl sites for hydroxylation is 1. The number of hydrogen-bond acceptors (Lipinski definition) is 4. The summed E-state index contributed by atoms with van der Waals surface area (Å²) >= 11 is 6.19. The molecular weight excluding hydrogens is 397 g/mol. The number of carboxylic acids is 1. The third-order valence-corrected chi connectivity index (χ3v) is 4.59. The van der Waals surface area contributed by atoms with Gasteiger partial charge in [-0.3, -0.25) is 9.56 Å². The molecular formula is C21H19ClFN3O3. The highest BCUT2D eigenvalue weighted by atomic mass is 35.5. The zero-order chi connectivity index (χ0) is 21.1. The molecule has 0 saturated heterocycles. The van der Waals surface area contributed by atoms with E-state index in [4.69, 9.17) is 21.8 Å². The third-order valence-electron chi connectivity index (χ3n) is 4.35. The number of hydrogen-bond donors (Lipinski definition) is 2. The Morgan fingerprint density at radius 2 is 1.93 bits per heavy atom. The number of imidazole rings is 1. The molecule has 2 heterocycles. The fourth-order valence-electron chi connectivity index (χ4n) is 2.95. The van der Waals surface area contributed by atoms with Crippen LogP contribution in [-0.4, -0.2) is 37.5 Å². The maximum Gasteiger partial charge on any atom is 0.332 e. The first kappa shape index (κ1) is 20.7. The highest BCUT2D eigenvalue weighted by Gasteiger charge is 2.22. The lowest BCUT2D eigenvalue weighted by Crippen LogP contribution is -2.13. The minimum absolute atomic E-state index is 0.293. The molecule has 2 N–H and O–H groups in total. The van der Waals surface area contributed by atoms with Gasteiger partial charge in [-0.05, 0) is 44.2 Å². The van der Waals surface area contributed by atoms with Crippen LogP contribution in [0.4, 0.5) is 4.39 Å². The lowest BCUT2D eigenvalue weighted by molar-refractivity contribution is -0.145. The van der Waals surface area contributed by atoms with Gasteiger partial charge < -0.3 is 10.2 Å². The van der Waals surface area contributed by atoms with Crippen LogP contribution in [0, 0.1) is 12.7 Å². The normalized spacial score (nSPS) is 13.2. The van der Waals surface area contributed by atoms with E-state index in [-0.39, 0.29) is 5.82 Å². The smallest absolute Gasteiger partial charge is 0.332 e. The molecule has 1 aliphatic heterocycles. The van der Waals surface area contributed by atoms with Gasteiger partial charge in [-0.2, -0.15) is 0 Å². The molecule has 3 aromatic rings. The average molecular weight is 416 g/mol. The SMILES string of the molecule is CC(O)C(=O)O.Cc1ncc2n1-c1ccc(Cl)cc1C(c1ccccc1F)=NC2. The molecule has 4 rings (SSSR count). The molecule has 1 unspecified atom stereocenters. The maximum atomic E-state index is 14.3. The quantitative estimate of drug-likeness (QED) is 0.666. The molecule has 0 amide bonds. The number of aliphatic hydroxyl groups excluding tert-OH is 1. The van der Waals surface area contributed by atoms with Crippen LogP contribution < -0.4 is 0 Å². The standard InChI is InChI=1S/C18H13ClFN3.C3H6O3/c1-11-21-9-13-10-22-18(14-4-2-3-5-16(14)20)15-8-12(19)6-7-17(15)23(11)13;1-2(4)3(5)6/h2-9H,10H2,1H3;2,4H,1H3,(H,5,6). The van der Waals surface area contributed by atoms with E-state index >= 15 is 0 Å². The number of benzene rings is 2. The van der Waals surface area contributed by atoms with E-state index in [1.807, 2.05) is 42.0 Å². The molecule has 1 atom stereocenters.